The maximum Gasteiger partial charge on any atom is 0.289 e. The lowest BCUT2D eigenvalue weighted by atomic mass is 10.2. The molecule has 4 heterocycles. The first kappa shape index (κ1) is 18.9. The highest BCUT2D eigenvalue weighted by Gasteiger charge is 2.26. The Balaban J connectivity index is 1.33. The number of hydrogen-bond donors (Lipinski definition) is 0. The summed E-state index contributed by atoms with van der Waals surface area (Å²) >= 11 is 0. The molecule has 0 aliphatic carbocycles. The number of carbonyl (C=O) groups excluding carboxylic acids is 1. The number of carbonyl (C=O) groups is 1. The van der Waals surface area contributed by atoms with Crippen LogP contribution in [0.3, 0.4) is 0 Å². The van der Waals surface area contributed by atoms with Gasteiger partial charge in [0.2, 0.25) is 5.95 Å². The molecular weight excluding hydrogens is 358 g/mol. The van der Waals surface area contributed by atoms with Gasteiger partial charge in [0.05, 0.1) is 24.2 Å². The van der Waals surface area contributed by atoms with Gasteiger partial charge in [-0.05, 0) is 32.0 Å². The Labute approximate surface area is 165 Å². The van der Waals surface area contributed by atoms with E-state index >= 15 is 0 Å². The van der Waals surface area contributed by atoms with Gasteiger partial charge >= 0.3 is 0 Å². The van der Waals surface area contributed by atoms with Gasteiger partial charge in [0.15, 0.2) is 5.76 Å². The summed E-state index contributed by atoms with van der Waals surface area (Å²) in [6.07, 6.45) is 3.72. The predicted molar refractivity (Wildman–Crippen MR) is 104 cm³/mol. The van der Waals surface area contributed by atoms with Crippen LogP contribution in [-0.2, 0) is 11.3 Å². The summed E-state index contributed by atoms with van der Waals surface area (Å²) in [4.78, 5) is 28.0. The lowest BCUT2D eigenvalue weighted by Gasteiger charge is -2.36. The molecule has 4 rings (SSSR count). The average molecular weight is 385 g/mol. The zero-order valence-electron chi connectivity index (χ0n) is 16.5. The monoisotopic (exact) mass is 385 g/mol. The van der Waals surface area contributed by atoms with Crippen molar-refractivity contribution in [2.75, 3.05) is 44.2 Å². The molecule has 0 aromatic carbocycles. The molecule has 8 nitrogen and oxygen atoms in total. The first-order chi connectivity index (χ1) is 13.6. The molecule has 0 saturated carbocycles. The van der Waals surface area contributed by atoms with Crippen molar-refractivity contribution in [2.24, 2.45) is 0 Å². The Morgan fingerprint density at radius 2 is 1.89 bits per heavy atom. The Kier molecular flexibility index (Phi) is 5.59. The van der Waals surface area contributed by atoms with Crippen LogP contribution >= 0.6 is 0 Å². The lowest BCUT2D eigenvalue weighted by molar-refractivity contribution is -0.00575. The fourth-order valence-corrected chi connectivity index (χ4v) is 3.86. The number of anilines is 1. The van der Waals surface area contributed by atoms with Crippen molar-refractivity contribution < 1.29 is 13.9 Å². The molecule has 2 aromatic heterocycles. The Bertz CT molecular complexity index is 779. The van der Waals surface area contributed by atoms with E-state index in [1.54, 1.807) is 12.1 Å². The minimum absolute atomic E-state index is 0.0375. The number of ether oxygens (including phenoxy) is 1. The summed E-state index contributed by atoms with van der Waals surface area (Å²) in [5, 5.41) is 0. The molecule has 2 atom stereocenters. The second-order valence-electron chi connectivity index (χ2n) is 7.56. The van der Waals surface area contributed by atoms with Gasteiger partial charge < -0.3 is 19.0 Å². The van der Waals surface area contributed by atoms with Crippen molar-refractivity contribution in [3.8, 4) is 0 Å². The predicted octanol–water partition coefficient (Wildman–Crippen LogP) is 1.64. The van der Waals surface area contributed by atoms with E-state index < -0.39 is 0 Å². The van der Waals surface area contributed by atoms with Crippen molar-refractivity contribution >= 4 is 11.9 Å². The Morgan fingerprint density at radius 1 is 1.14 bits per heavy atom. The minimum Gasteiger partial charge on any atom is -0.459 e. The zero-order valence-corrected chi connectivity index (χ0v) is 16.5. The normalized spacial score (nSPS) is 23.8. The standard InChI is InChI=1S/C20H27N5O3/c1-15-12-25(13-16(2)28-15)20-21-6-5-17(22-20)14-23-7-9-24(10-8-23)19(26)18-4-3-11-27-18/h3-6,11,15-16H,7-10,12-14H2,1-2H3/t15-,16-/m1/s1. The molecule has 150 valence electrons. The van der Waals surface area contributed by atoms with Crippen molar-refractivity contribution in [3.63, 3.8) is 0 Å². The molecule has 2 aliphatic heterocycles. The second kappa shape index (κ2) is 8.28. The van der Waals surface area contributed by atoms with E-state index in [0.717, 1.165) is 44.4 Å². The summed E-state index contributed by atoms with van der Waals surface area (Å²) in [5.74, 6) is 1.14. The number of aromatic nitrogens is 2. The topological polar surface area (TPSA) is 74.9 Å². The van der Waals surface area contributed by atoms with Gasteiger partial charge in [0.25, 0.3) is 5.91 Å². The van der Waals surface area contributed by atoms with Crippen molar-refractivity contribution in [1.29, 1.82) is 0 Å². The smallest absolute Gasteiger partial charge is 0.289 e. The molecule has 0 bridgehead atoms. The lowest BCUT2D eigenvalue weighted by Crippen LogP contribution is -2.48. The summed E-state index contributed by atoms with van der Waals surface area (Å²) in [6.45, 7) is 9.54. The third kappa shape index (κ3) is 4.34. The number of amides is 1. The molecule has 28 heavy (non-hydrogen) atoms. The number of piperazine rings is 1. The van der Waals surface area contributed by atoms with Crippen LogP contribution in [0.25, 0.3) is 0 Å². The highest BCUT2D eigenvalue weighted by Crippen LogP contribution is 2.17. The third-order valence-corrected chi connectivity index (χ3v) is 5.18. The van der Waals surface area contributed by atoms with Gasteiger partial charge in [-0.15, -0.1) is 0 Å². The van der Waals surface area contributed by atoms with E-state index in [0.29, 0.717) is 18.8 Å². The van der Waals surface area contributed by atoms with Crippen LogP contribution in [0.2, 0.25) is 0 Å². The Morgan fingerprint density at radius 3 is 2.57 bits per heavy atom. The molecule has 0 radical (unpaired) electrons. The fourth-order valence-electron chi connectivity index (χ4n) is 3.86. The number of nitrogens with zero attached hydrogens (tertiary/aromatic N) is 5. The van der Waals surface area contributed by atoms with E-state index in [9.17, 15) is 4.79 Å². The highest BCUT2D eigenvalue weighted by molar-refractivity contribution is 5.91. The van der Waals surface area contributed by atoms with Crippen LogP contribution < -0.4 is 4.90 Å². The Hall–Kier alpha value is -2.45. The maximum atomic E-state index is 12.4. The van der Waals surface area contributed by atoms with Crippen LogP contribution in [0.4, 0.5) is 5.95 Å². The maximum absolute atomic E-state index is 12.4. The third-order valence-electron chi connectivity index (χ3n) is 5.18. The van der Waals surface area contributed by atoms with Gasteiger partial charge in [-0.2, -0.15) is 0 Å². The van der Waals surface area contributed by atoms with E-state index in [-0.39, 0.29) is 18.1 Å². The first-order valence-electron chi connectivity index (χ1n) is 9.86. The van der Waals surface area contributed by atoms with Gasteiger partial charge in [-0.1, -0.05) is 0 Å². The van der Waals surface area contributed by atoms with Crippen LogP contribution in [0.5, 0.6) is 0 Å². The van der Waals surface area contributed by atoms with Crippen molar-refractivity contribution in [2.45, 2.75) is 32.6 Å². The van der Waals surface area contributed by atoms with Crippen LogP contribution in [-0.4, -0.2) is 77.2 Å². The zero-order chi connectivity index (χ0) is 19.5. The van der Waals surface area contributed by atoms with E-state index in [1.165, 1.54) is 6.26 Å². The van der Waals surface area contributed by atoms with E-state index in [2.05, 4.69) is 28.6 Å². The molecule has 0 N–H and O–H groups in total. The van der Waals surface area contributed by atoms with Crippen LogP contribution in [0.15, 0.2) is 35.1 Å². The van der Waals surface area contributed by atoms with E-state index in [1.807, 2.05) is 17.2 Å². The first-order valence-corrected chi connectivity index (χ1v) is 9.86. The van der Waals surface area contributed by atoms with Crippen LogP contribution in [0, 0.1) is 0 Å². The fraction of sp³-hybridized carbons (Fsp3) is 0.550. The van der Waals surface area contributed by atoms with Gasteiger partial charge in [-0.3, -0.25) is 9.69 Å². The summed E-state index contributed by atoms with van der Waals surface area (Å²) in [5.41, 5.74) is 1.00. The summed E-state index contributed by atoms with van der Waals surface area (Å²) in [6, 6.07) is 5.42. The summed E-state index contributed by atoms with van der Waals surface area (Å²) < 4.78 is 11.0. The molecule has 1 amide bonds. The SMILES string of the molecule is C[C@@H]1CN(c2nccc(CN3CCN(C(=O)c4ccco4)CC3)n2)C[C@@H](C)O1. The molecule has 2 fully saturated rings. The molecule has 2 aromatic rings. The number of furan rings is 1. The number of morpholine rings is 1. The van der Waals surface area contributed by atoms with Crippen molar-refractivity contribution in [1.82, 2.24) is 19.8 Å². The van der Waals surface area contributed by atoms with Gasteiger partial charge in [-0.25, -0.2) is 9.97 Å². The second-order valence-corrected chi connectivity index (χ2v) is 7.56. The molecule has 2 saturated heterocycles. The molecule has 2 aliphatic rings. The molecule has 0 spiro atoms. The minimum atomic E-state index is -0.0375. The van der Waals surface area contributed by atoms with Crippen LogP contribution in [0.1, 0.15) is 30.1 Å². The molecular formula is C20H27N5O3. The molecule has 8 heteroatoms. The summed E-state index contributed by atoms with van der Waals surface area (Å²) in [7, 11) is 0. The largest absolute Gasteiger partial charge is 0.459 e. The van der Waals surface area contributed by atoms with Crippen molar-refractivity contribution in [3.05, 3.63) is 42.1 Å². The average Bonchev–Trinajstić information content (AvgIpc) is 3.22. The number of rotatable bonds is 4. The van der Waals surface area contributed by atoms with E-state index in [4.69, 9.17) is 14.1 Å². The van der Waals surface area contributed by atoms with Gasteiger partial charge in [0.1, 0.15) is 0 Å². The number of hydrogen-bond acceptors (Lipinski definition) is 7. The quantitative estimate of drug-likeness (QED) is 0.792. The van der Waals surface area contributed by atoms with Gasteiger partial charge in [0, 0.05) is 52.0 Å². The highest BCUT2D eigenvalue weighted by atomic mass is 16.5. The molecule has 0 unspecified atom stereocenters.